The van der Waals surface area contributed by atoms with E-state index in [2.05, 4.69) is 12.1 Å². The molecule has 0 spiro atoms. The number of fused-ring (bicyclic) bond motifs is 1. The molecule has 0 amide bonds. The summed E-state index contributed by atoms with van der Waals surface area (Å²) in [6, 6.07) is 1.61. The van der Waals surface area contributed by atoms with Crippen molar-refractivity contribution in [3.05, 3.63) is 34.9 Å². The van der Waals surface area contributed by atoms with Crippen LogP contribution in [0, 0.1) is 0 Å². The number of nitrogens with zero attached hydrogens (tertiary/aromatic N) is 1. The molecule has 1 aromatic carbocycles. The Morgan fingerprint density at radius 2 is 1.54 bits per heavy atom. The van der Waals surface area contributed by atoms with Crippen LogP contribution in [0.4, 0.5) is 0 Å². The van der Waals surface area contributed by atoms with Gasteiger partial charge >= 0.3 is 0 Å². The second-order valence-electron chi connectivity index (χ2n) is 6.89. The van der Waals surface area contributed by atoms with E-state index < -0.39 is 0 Å². The number of benzene rings is 1. The van der Waals surface area contributed by atoms with Crippen LogP contribution in [0.15, 0.2) is 23.4 Å². The van der Waals surface area contributed by atoms with Gasteiger partial charge in [-0.1, -0.05) is 50.6 Å². The number of unbranched alkanes of at least 4 members (excludes halogenated alkanes) is 6. The van der Waals surface area contributed by atoms with Gasteiger partial charge < -0.3 is 14.7 Å². The maximum atomic E-state index is 12.5. The maximum Gasteiger partial charge on any atom is 0.190 e. The Bertz CT molecular complexity index is 780. The first-order valence-corrected chi connectivity index (χ1v) is 9.86. The van der Waals surface area contributed by atoms with Crippen LogP contribution in [0.2, 0.25) is 0 Å². The van der Waals surface area contributed by atoms with Crippen molar-refractivity contribution in [2.24, 2.45) is 5.16 Å². The Morgan fingerprint density at radius 1 is 0.929 bits per heavy atom. The number of methoxy groups -OCH3 is 2. The van der Waals surface area contributed by atoms with E-state index in [1.165, 1.54) is 52.1 Å². The summed E-state index contributed by atoms with van der Waals surface area (Å²) in [6.45, 7) is 2.19. The number of carbonyl (C=O) groups is 2. The smallest absolute Gasteiger partial charge is 0.190 e. The quantitative estimate of drug-likeness (QED) is 0.251. The zero-order valence-electron chi connectivity index (χ0n) is 16.9. The van der Waals surface area contributed by atoms with E-state index in [4.69, 9.17) is 9.47 Å². The zero-order valence-corrected chi connectivity index (χ0v) is 16.9. The largest absolute Gasteiger partial charge is 0.496 e. The highest BCUT2D eigenvalue weighted by molar-refractivity contribution is 6.25. The number of ether oxygens (including phenoxy) is 2. The van der Waals surface area contributed by atoms with Crippen molar-refractivity contribution in [2.45, 2.75) is 58.3 Å². The van der Waals surface area contributed by atoms with Crippen molar-refractivity contribution in [1.29, 1.82) is 0 Å². The maximum absolute atomic E-state index is 12.5. The Balaban J connectivity index is 2.25. The summed E-state index contributed by atoms with van der Waals surface area (Å²) >= 11 is 0. The Hall–Kier alpha value is -2.63. The number of allylic oxidation sites excluding steroid dienone is 2. The molecule has 0 heterocycles. The fraction of sp³-hybridized carbons (Fsp3) is 0.500. The molecule has 6 heteroatoms. The molecule has 1 N–H and O–H groups in total. The standard InChI is InChI=1S/C22H29NO5/c1-4-5-6-7-8-9-10-11-16(23-26)15-14-19(27-2)20-17(24)12-13-18(25)21(20)22(15)28-3/h12-14,26H,4-11H2,1-3H3/b23-16+. The first-order valence-electron chi connectivity index (χ1n) is 9.86. The van der Waals surface area contributed by atoms with Crippen LogP contribution < -0.4 is 9.47 Å². The molecule has 0 saturated heterocycles. The highest BCUT2D eigenvalue weighted by atomic mass is 16.5. The molecule has 0 bridgehead atoms. The van der Waals surface area contributed by atoms with Crippen molar-refractivity contribution in [3.63, 3.8) is 0 Å². The second-order valence-corrected chi connectivity index (χ2v) is 6.89. The molecular weight excluding hydrogens is 358 g/mol. The highest BCUT2D eigenvalue weighted by Gasteiger charge is 2.31. The minimum atomic E-state index is -0.334. The van der Waals surface area contributed by atoms with E-state index in [1.54, 1.807) is 6.07 Å². The number of oxime groups is 1. The molecule has 2 rings (SSSR count). The molecule has 1 aromatic rings. The number of ketones is 2. The molecule has 0 fully saturated rings. The molecule has 28 heavy (non-hydrogen) atoms. The van der Waals surface area contributed by atoms with Gasteiger partial charge in [-0.3, -0.25) is 9.59 Å². The van der Waals surface area contributed by atoms with Crippen LogP contribution in [0.25, 0.3) is 0 Å². The third-order valence-electron chi connectivity index (χ3n) is 5.00. The topological polar surface area (TPSA) is 85.2 Å². The molecule has 0 aromatic heterocycles. The molecule has 0 saturated carbocycles. The van der Waals surface area contributed by atoms with Gasteiger partial charge in [0.25, 0.3) is 0 Å². The fourth-order valence-electron chi connectivity index (χ4n) is 3.51. The molecule has 0 radical (unpaired) electrons. The molecule has 152 valence electrons. The van der Waals surface area contributed by atoms with Crippen LogP contribution in [0.3, 0.4) is 0 Å². The number of rotatable bonds is 11. The number of hydrogen-bond acceptors (Lipinski definition) is 6. The lowest BCUT2D eigenvalue weighted by Gasteiger charge is -2.20. The average Bonchev–Trinajstić information content (AvgIpc) is 2.71. The van der Waals surface area contributed by atoms with Crippen LogP contribution in [0.1, 0.15) is 84.6 Å². The Morgan fingerprint density at radius 3 is 2.11 bits per heavy atom. The third kappa shape index (κ3) is 4.80. The number of carbonyl (C=O) groups excluding carboxylic acids is 2. The molecule has 6 nitrogen and oxygen atoms in total. The summed E-state index contributed by atoms with van der Waals surface area (Å²) in [5.41, 5.74) is 1.23. The second kappa shape index (κ2) is 10.6. The van der Waals surface area contributed by atoms with Gasteiger partial charge in [-0.2, -0.15) is 0 Å². The van der Waals surface area contributed by atoms with E-state index in [0.717, 1.165) is 19.3 Å². The lowest BCUT2D eigenvalue weighted by atomic mass is 9.88. The molecule has 0 aliphatic heterocycles. The SMILES string of the molecule is CCCCCCCCC/C(=N\O)c1cc(OC)c2c(c1OC)C(=O)C=CC2=O. The van der Waals surface area contributed by atoms with Crippen LogP contribution in [-0.4, -0.2) is 36.7 Å². The van der Waals surface area contributed by atoms with Crippen molar-refractivity contribution < 1.29 is 24.3 Å². The zero-order chi connectivity index (χ0) is 20.5. The van der Waals surface area contributed by atoms with Gasteiger partial charge in [0.2, 0.25) is 0 Å². The van der Waals surface area contributed by atoms with Crippen molar-refractivity contribution in [3.8, 4) is 11.5 Å². The van der Waals surface area contributed by atoms with Gasteiger partial charge in [0, 0.05) is 5.56 Å². The summed E-state index contributed by atoms with van der Waals surface area (Å²) in [5.74, 6) is -0.130. The third-order valence-corrected chi connectivity index (χ3v) is 5.00. The van der Waals surface area contributed by atoms with E-state index >= 15 is 0 Å². The summed E-state index contributed by atoms with van der Waals surface area (Å²) in [5, 5.41) is 13.0. The Labute approximate surface area is 166 Å². The minimum Gasteiger partial charge on any atom is -0.496 e. The summed E-state index contributed by atoms with van der Waals surface area (Å²) in [6.07, 6.45) is 11.0. The minimum absolute atomic E-state index is 0.157. The molecule has 0 unspecified atom stereocenters. The van der Waals surface area contributed by atoms with Crippen LogP contribution >= 0.6 is 0 Å². The predicted octanol–water partition coefficient (Wildman–Crippen LogP) is 4.96. The van der Waals surface area contributed by atoms with E-state index in [-0.39, 0.29) is 34.2 Å². The first kappa shape index (κ1) is 21.7. The lowest BCUT2D eigenvalue weighted by molar-refractivity contribution is 0.0989. The van der Waals surface area contributed by atoms with Gasteiger partial charge in [-0.05, 0) is 31.1 Å². The predicted molar refractivity (Wildman–Crippen MR) is 108 cm³/mol. The van der Waals surface area contributed by atoms with Crippen molar-refractivity contribution >= 4 is 17.3 Å². The lowest BCUT2D eigenvalue weighted by Crippen LogP contribution is -2.17. The van der Waals surface area contributed by atoms with Crippen molar-refractivity contribution in [2.75, 3.05) is 14.2 Å². The fourth-order valence-corrected chi connectivity index (χ4v) is 3.51. The van der Waals surface area contributed by atoms with Gasteiger partial charge in [-0.25, -0.2) is 0 Å². The Kier molecular flexibility index (Phi) is 8.23. The molecule has 1 aliphatic rings. The molecular formula is C22H29NO5. The number of hydrogen-bond donors (Lipinski definition) is 1. The average molecular weight is 387 g/mol. The summed E-state index contributed by atoms with van der Waals surface area (Å²) < 4.78 is 10.8. The van der Waals surface area contributed by atoms with Crippen molar-refractivity contribution in [1.82, 2.24) is 0 Å². The van der Waals surface area contributed by atoms with Crippen LogP contribution in [0.5, 0.6) is 11.5 Å². The van der Waals surface area contributed by atoms with Crippen LogP contribution in [-0.2, 0) is 0 Å². The van der Waals surface area contributed by atoms with Gasteiger partial charge in [0.15, 0.2) is 11.6 Å². The van der Waals surface area contributed by atoms with Gasteiger partial charge in [-0.15, -0.1) is 0 Å². The van der Waals surface area contributed by atoms with E-state index in [0.29, 0.717) is 17.7 Å². The molecule has 1 aliphatic carbocycles. The normalized spacial score (nSPS) is 13.6. The summed E-state index contributed by atoms with van der Waals surface area (Å²) in [7, 11) is 2.87. The van der Waals surface area contributed by atoms with Gasteiger partial charge in [0.05, 0.1) is 31.1 Å². The van der Waals surface area contributed by atoms with Gasteiger partial charge in [0.1, 0.15) is 11.5 Å². The van der Waals surface area contributed by atoms with E-state index in [9.17, 15) is 14.8 Å². The van der Waals surface area contributed by atoms with E-state index in [1.807, 2.05) is 0 Å². The summed E-state index contributed by atoms with van der Waals surface area (Å²) in [4.78, 5) is 24.7. The molecule has 0 atom stereocenters. The monoisotopic (exact) mass is 387 g/mol. The highest BCUT2D eigenvalue weighted by Crippen LogP contribution is 2.38. The first-order chi connectivity index (χ1) is 13.6.